The molecule has 0 aromatic carbocycles. The van der Waals surface area contributed by atoms with Crippen molar-refractivity contribution in [3.63, 3.8) is 0 Å². The third-order valence-electron chi connectivity index (χ3n) is 3.28. The minimum atomic E-state index is -0.896. The van der Waals surface area contributed by atoms with Crippen LogP contribution in [0.5, 0.6) is 0 Å². The SMILES string of the molecule is CCCc1noc(CCCC(=O)N(CCC(=O)O)C(C)C)n1. The molecule has 1 aromatic rings. The van der Waals surface area contributed by atoms with Crippen LogP contribution in [0, 0.1) is 0 Å². The number of carboxylic acid groups (broad SMARTS) is 1. The van der Waals surface area contributed by atoms with Crippen LogP contribution in [0.3, 0.4) is 0 Å². The Balaban J connectivity index is 2.40. The summed E-state index contributed by atoms with van der Waals surface area (Å²) in [6.45, 7) is 6.06. The Morgan fingerprint density at radius 2 is 2.00 bits per heavy atom. The first-order chi connectivity index (χ1) is 10.4. The molecule has 1 aromatic heterocycles. The average molecular weight is 311 g/mol. The van der Waals surface area contributed by atoms with Gasteiger partial charge in [0, 0.05) is 31.8 Å². The van der Waals surface area contributed by atoms with Crippen molar-refractivity contribution in [2.45, 2.75) is 65.3 Å². The van der Waals surface area contributed by atoms with Crippen LogP contribution >= 0.6 is 0 Å². The molecule has 1 N–H and O–H groups in total. The number of rotatable bonds is 10. The van der Waals surface area contributed by atoms with Gasteiger partial charge in [0.25, 0.3) is 0 Å². The number of carboxylic acids is 1. The Kier molecular flexibility index (Phi) is 7.56. The number of aliphatic carboxylic acids is 1. The first-order valence-corrected chi connectivity index (χ1v) is 7.76. The van der Waals surface area contributed by atoms with Crippen LogP contribution in [0.25, 0.3) is 0 Å². The van der Waals surface area contributed by atoms with Crippen molar-refractivity contribution >= 4 is 11.9 Å². The molecular formula is C15H25N3O4. The van der Waals surface area contributed by atoms with Gasteiger partial charge in [0.05, 0.1) is 6.42 Å². The van der Waals surface area contributed by atoms with Crippen molar-refractivity contribution in [2.75, 3.05) is 6.54 Å². The topological polar surface area (TPSA) is 96.5 Å². The Labute approximate surface area is 130 Å². The predicted octanol–water partition coefficient (Wildman–Crippen LogP) is 2.06. The van der Waals surface area contributed by atoms with E-state index in [1.807, 2.05) is 20.8 Å². The molecule has 0 aliphatic carbocycles. The molecule has 0 spiro atoms. The average Bonchev–Trinajstić information content (AvgIpc) is 2.86. The third kappa shape index (κ3) is 6.24. The van der Waals surface area contributed by atoms with Gasteiger partial charge in [-0.25, -0.2) is 0 Å². The summed E-state index contributed by atoms with van der Waals surface area (Å²) in [6, 6.07) is -0.00795. The summed E-state index contributed by atoms with van der Waals surface area (Å²) in [5.74, 6) is 0.323. The lowest BCUT2D eigenvalue weighted by Crippen LogP contribution is -2.38. The molecule has 0 radical (unpaired) electrons. The summed E-state index contributed by atoms with van der Waals surface area (Å²) >= 11 is 0. The molecule has 0 aliphatic rings. The molecular weight excluding hydrogens is 286 g/mol. The minimum absolute atomic E-state index is 0.00795. The summed E-state index contributed by atoms with van der Waals surface area (Å²) in [6.07, 6.45) is 3.25. The Bertz CT molecular complexity index is 485. The van der Waals surface area contributed by atoms with Crippen LogP contribution in [0.4, 0.5) is 0 Å². The molecule has 0 atom stereocenters. The van der Waals surface area contributed by atoms with Crippen LogP contribution in [-0.4, -0.2) is 44.6 Å². The fourth-order valence-electron chi connectivity index (χ4n) is 2.14. The second-order valence-corrected chi connectivity index (χ2v) is 5.53. The number of carbonyl (C=O) groups excluding carboxylic acids is 1. The van der Waals surface area contributed by atoms with Gasteiger partial charge in [-0.15, -0.1) is 0 Å². The number of aromatic nitrogens is 2. The number of nitrogens with zero attached hydrogens (tertiary/aromatic N) is 3. The second-order valence-electron chi connectivity index (χ2n) is 5.53. The molecule has 7 nitrogen and oxygen atoms in total. The molecule has 22 heavy (non-hydrogen) atoms. The van der Waals surface area contributed by atoms with Gasteiger partial charge in [-0.2, -0.15) is 4.98 Å². The van der Waals surface area contributed by atoms with Gasteiger partial charge >= 0.3 is 5.97 Å². The van der Waals surface area contributed by atoms with E-state index in [-0.39, 0.29) is 24.9 Å². The monoisotopic (exact) mass is 311 g/mol. The smallest absolute Gasteiger partial charge is 0.305 e. The summed E-state index contributed by atoms with van der Waals surface area (Å²) in [4.78, 5) is 28.7. The summed E-state index contributed by atoms with van der Waals surface area (Å²) in [5, 5.41) is 12.6. The summed E-state index contributed by atoms with van der Waals surface area (Å²) in [7, 11) is 0. The molecule has 1 rings (SSSR count). The van der Waals surface area contributed by atoms with E-state index >= 15 is 0 Å². The highest BCUT2D eigenvalue weighted by molar-refractivity contribution is 5.77. The molecule has 0 unspecified atom stereocenters. The fraction of sp³-hybridized carbons (Fsp3) is 0.733. The van der Waals surface area contributed by atoms with Crippen molar-refractivity contribution in [3.8, 4) is 0 Å². The Hall–Kier alpha value is -1.92. The van der Waals surface area contributed by atoms with Crippen LogP contribution in [0.2, 0.25) is 0 Å². The van der Waals surface area contributed by atoms with Gasteiger partial charge < -0.3 is 14.5 Å². The molecule has 1 amide bonds. The lowest BCUT2D eigenvalue weighted by atomic mass is 10.2. The van der Waals surface area contributed by atoms with E-state index in [0.717, 1.165) is 12.8 Å². The number of amides is 1. The highest BCUT2D eigenvalue weighted by Gasteiger charge is 2.18. The molecule has 0 bridgehead atoms. The molecule has 124 valence electrons. The fourth-order valence-corrected chi connectivity index (χ4v) is 2.14. The number of hydrogen-bond acceptors (Lipinski definition) is 5. The number of hydrogen-bond donors (Lipinski definition) is 1. The van der Waals surface area contributed by atoms with Crippen molar-refractivity contribution in [3.05, 3.63) is 11.7 Å². The first kappa shape index (κ1) is 18.1. The zero-order chi connectivity index (χ0) is 16.5. The van der Waals surface area contributed by atoms with E-state index < -0.39 is 5.97 Å². The predicted molar refractivity (Wildman–Crippen MR) is 80.3 cm³/mol. The van der Waals surface area contributed by atoms with Gasteiger partial charge in [0.2, 0.25) is 11.8 Å². The van der Waals surface area contributed by atoms with Crippen LogP contribution in [0.1, 0.15) is 58.2 Å². The van der Waals surface area contributed by atoms with Crippen LogP contribution in [0.15, 0.2) is 4.52 Å². The van der Waals surface area contributed by atoms with Gasteiger partial charge in [-0.1, -0.05) is 12.1 Å². The van der Waals surface area contributed by atoms with E-state index in [4.69, 9.17) is 9.63 Å². The minimum Gasteiger partial charge on any atom is -0.481 e. The van der Waals surface area contributed by atoms with E-state index in [2.05, 4.69) is 10.1 Å². The maximum atomic E-state index is 12.2. The van der Waals surface area contributed by atoms with Crippen molar-refractivity contribution in [1.29, 1.82) is 0 Å². The molecule has 0 saturated heterocycles. The van der Waals surface area contributed by atoms with E-state index in [9.17, 15) is 9.59 Å². The maximum Gasteiger partial charge on any atom is 0.305 e. The number of carbonyl (C=O) groups is 2. The first-order valence-electron chi connectivity index (χ1n) is 7.76. The Morgan fingerprint density at radius 3 is 2.59 bits per heavy atom. The zero-order valence-corrected chi connectivity index (χ0v) is 13.5. The molecule has 7 heteroatoms. The lowest BCUT2D eigenvalue weighted by molar-refractivity contribution is -0.139. The zero-order valence-electron chi connectivity index (χ0n) is 13.5. The maximum absolute atomic E-state index is 12.2. The molecule has 1 heterocycles. The van der Waals surface area contributed by atoms with Gasteiger partial charge in [-0.3, -0.25) is 9.59 Å². The van der Waals surface area contributed by atoms with Crippen molar-refractivity contribution in [1.82, 2.24) is 15.0 Å². The van der Waals surface area contributed by atoms with Gasteiger partial charge in [-0.05, 0) is 26.7 Å². The molecule has 0 fully saturated rings. The van der Waals surface area contributed by atoms with Gasteiger partial charge in [0.15, 0.2) is 5.82 Å². The van der Waals surface area contributed by atoms with E-state index in [1.165, 1.54) is 0 Å². The Morgan fingerprint density at radius 1 is 1.27 bits per heavy atom. The van der Waals surface area contributed by atoms with Crippen LogP contribution < -0.4 is 0 Å². The van der Waals surface area contributed by atoms with Crippen molar-refractivity contribution in [2.24, 2.45) is 0 Å². The van der Waals surface area contributed by atoms with E-state index in [1.54, 1.807) is 4.90 Å². The normalized spacial score (nSPS) is 10.9. The van der Waals surface area contributed by atoms with Gasteiger partial charge in [0.1, 0.15) is 0 Å². The lowest BCUT2D eigenvalue weighted by Gasteiger charge is -2.26. The quantitative estimate of drug-likeness (QED) is 0.710. The highest BCUT2D eigenvalue weighted by Crippen LogP contribution is 2.09. The summed E-state index contributed by atoms with van der Waals surface area (Å²) < 4.78 is 5.12. The standard InChI is InChI=1S/C15H25N3O4/c1-4-6-12-16-13(22-17-12)7-5-8-14(19)18(11(2)3)10-9-15(20)21/h11H,4-10H2,1-3H3,(H,20,21). The third-order valence-corrected chi connectivity index (χ3v) is 3.28. The van der Waals surface area contributed by atoms with Crippen LogP contribution in [-0.2, 0) is 22.4 Å². The second kappa shape index (κ2) is 9.17. The number of aryl methyl sites for hydroxylation is 2. The summed E-state index contributed by atoms with van der Waals surface area (Å²) in [5.41, 5.74) is 0. The van der Waals surface area contributed by atoms with Crippen molar-refractivity contribution < 1.29 is 19.2 Å². The molecule has 0 aliphatic heterocycles. The largest absolute Gasteiger partial charge is 0.481 e. The molecule has 0 saturated carbocycles. The highest BCUT2D eigenvalue weighted by atomic mass is 16.5. The van der Waals surface area contributed by atoms with E-state index in [0.29, 0.717) is 31.0 Å².